The lowest BCUT2D eigenvalue weighted by Crippen LogP contribution is -2.48. The first-order chi connectivity index (χ1) is 11.0. The minimum Gasteiger partial charge on any atom is -0.350 e. The van der Waals surface area contributed by atoms with Crippen LogP contribution in [0.3, 0.4) is 0 Å². The summed E-state index contributed by atoms with van der Waals surface area (Å²) < 4.78 is 0. The summed E-state index contributed by atoms with van der Waals surface area (Å²) in [6, 6.07) is 3.26. The zero-order valence-corrected chi connectivity index (χ0v) is 14.6. The third kappa shape index (κ3) is 6.80. The second kappa shape index (κ2) is 9.98. The first kappa shape index (κ1) is 19.1. The number of pyridine rings is 1. The van der Waals surface area contributed by atoms with Gasteiger partial charge in [-0.05, 0) is 36.8 Å². The topological polar surface area (TPSA) is 71.1 Å². The van der Waals surface area contributed by atoms with Crippen molar-refractivity contribution in [2.24, 2.45) is 11.8 Å². The Hall–Kier alpha value is -1.91. The first-order valence-electron chi connectivity index (χ1n) is 8.44. The minimum atomic E-state index is -0.486. The zero-order chi connectivity index (χ0) is 17.2. The van der Waals surface area contributed by atoms with Crippen molar-refractivity contribution in [1.82, 2.24) is 15.6 Å². The fourth-order valence-electron chi connectivity index (χ4n) is 2.47. The van der Waals surface area contributed by atoms with Crippen LogP contribution in [-0.2, 0) is 16.1 Å². The van der Waals surface area contributed by atoms with Crippen LogP contribution in [0.25, 0.3) is 0 Å². The van der Waals surface area contributed by atoms with Gasteiger partial charge in [0.1, 0.15) is 6.04 Å². The lowest BCUT2D eigenvalue weighted by molar-refractivity contribution is -0.131. The van der Waals surface area contributed by atoms with Gasteiger partial charge in [0, 0.05) is 24.9 Å². The van der Waals surface area contributed by atoms with Crippen LogP contribution in [-0.4, -0.2) is 22.8 Å². The number of hydrogen-bond donors (Lipinski definition) is 2. The van der Waals surface area contributed by atoms with Gasteiger partial charge >= 0.3 is 0 Å². The van der Waals surface area contributed by atoms with Crippen LogP contribution in [0.1, 0.15) is 52.5 Å². The van der Waals surface area contributed by atoms with Gasteiger partial charge < -0.3 is 10.6 Å². The van der Waals surface area contributed by atoms with E-state index in [2.05, 4.69) is 15.6 Å². The van der Waals surface area contributed by atoms with E-state index in [-0.39, 0.29) is 17.7 Å². The first-order valence-corrected chi connectivity index (χ1v) is 8.44. The molecule has 0 aliphatic rings. The van der Waals surface area contributed by atoms with E-state index in [9.17, 15) is 9.59 Å². The molecule has 128 valence electrons. The number of carbonyl (C=O) groups is 2. The molecular formula is C18H29N3O2. The highest BCUT2D eigenvalue weighted by Gasteiger charge is 2.24. The molecule has 1 aromatic heterocycles. The van der Waals surface area contributed by atoms with Crippen LogP contribution in [0, 0.1) is 11.8 Å². The van der Waals surface area contributed by atoms with E-state index >= 15 is 0 Å². The predicted molar refractivity (Wildman–Crippen MR) is 91.5 cm³/mol. The van der Waals surface area contributed by atoms with Crippen molar-refractivity contribution in [3.8, 4) is 0 Å². The van der Waals surface area contributed by atoms with E-state index in [1.54, 1.807) is 12.4 Å². The molecule has 0 spiro atoms. The summed E-state index contributed by atoms with van der Waals surface area (Å²) in [5, 5.41) is 5.81. The fraction of sp³-hybridized carbons (Fsp3) is 0.611. The largest absolute Gasteiger partial charge is 0.350 e. The van der Waals surface area contributed by atoms with Crippen LogP contribution < -0.4 is 10.6 Å². The summed E-state index contributed by atoms with van der Waals surface area (Å²) in [6.07, 6.45) is 5.62. The molecular weight excluding hydrogens is 290 g/mol. The highest BCUT2D eigenvalue weighted by molar-refractivity contribution is 5.88. The lowest BCUT2D eigenvalue weighted by Gasteiger charge is -2.22. The number of carbonyl (C=O) groups excluding carboxylic acids is 2. The van der Waals surface area contributed by atoms with Gasteiger partial charge in [-0.3, -0.25) is 14.6 Å². The molecule has 0 unspecified atom stereocenters. The molecule has 1 aromatic rings. The van der Waals surface area contributed by atoms with E-state index in [4.69, 9.17) is 0 Å². The smallest absolute Gasteiger partial charge is 0.242 e. The molecule has 1 heterocycles. The van der Waals surface area contributed by atoms with Gasteiger partial charge in [-0.25, -0.2) is 0 Å². The molecule has 5 nitrogen and oxygen atoms in total. The van der Waals surface area contributed by atoms with Crippen LogP contribution in [0.2, 0.25) is 0 Å². The maximum absolute atomic E-state index is 12.4. The van der Waals surface area contributed by atoms with Crippen LogP contribution >= 0.6 is 0 Å². The molecule has 0 radical (unpaired) electrons. The molecule has 0 bridgehead atoms. The molecule has 1 atom stereocenters. The van der Waals surface area contributed by atoms with Crippen molar-refractivity contribution >= 4 is 11.8 Å². The average Bonchev–Trinajstić information content (AvgIpc) is 2.53. The van der Waals surface area contributed by atoms with Crippen molar-refractivity contribution in [3.05, 3.63) is 30.1 Å². The van der Waals surface area contributed by atoms with Crippen molar-refractivity contribution in [3.63, 3.8) is 0 Å². The van der Waals surface area contributed by atoms with Gasteiger partial charge in [-0.2, -0.15) is 0 Å². The maximum atomic E-state index is 12.4. The Bertz CT molecular complexity index is 484. The molecule has 23 heavy (non-hydrogen) atoms. The van der Waals surface area contributed by atoms with E-state index in [0.29, 0.717) is 18.9 Å². The van der Waals surface area contributed by atoms with Gasteiger partial charge in [-0.1, -0.05) is 33.8 Å². The summed E-state index contributed by atoms with van der Waals surface area (Å²) in [5.41, 5.74) is 0.940. The Labute approximate surface area is 139 Å². The monoisotopic (exact) mass is 319 g/mol. The van der Waals surface area contributed by atoms with Gasteiger partial charge in [0.15, 0.2) is 0 Å². The molecule has 2 amide bonds. The number of nitrogens with zero attached hydrogens (tertiary/aromatic N) is 1. The lowest BCUT2D eigenvalue weighted by atomic mass is 9.99. The van der Waals surface area contributed by atoms with Gasteiger partial charge in [-0.15, -0.1) is 0 Å². The third-order valence-electron chi connectivity index (χ3n) is 3.89. The van der Waals surface area contributed by atoms with E-state index < -0.39 is 6.04 Å². The SMILES string of the molecule is CCC(CC)C(=O)N[C@H](CC(C)C)C(=O)NCc1cccnc1. The summed E-state index contributed by atoms with van der Waals surface area (Å²) >= 11 is 0. The minimum absolute atomic E-state index is 0.0304. The second-order valence-electron chi connectivity index (χ2n) is 6.28. The molecule has 0 aromatic carbocycles. The number of hydrogen-bond acceptors (Lipinski definition) is 3. The maximum Gasteiger partial charge on any atom is 0.242 e. The number of rotatable bonds is 9. The average molecular weight is 319 g/mol. The Morgan fingerprint density at radius 2 is 1.87 bits per heavy atom. The quantitative estimate of drug-likeness (QED) is 0.735. The molecule has 0 aliphatic heterocycles. The van der Waals surface area contributed by atoms with Crippen molar-refractivity contribution in [1.29, 1.82) is 0 Å². The summed E-state index contributed by atoms with van der Waals surface area (Å²) in [5.74, 6) is 0.126. The van der Waals surface area contributed by atoms with Crippen molar-refractivity contribution < 1.29 is 9.59 Å². The van der Waals surface area contributed by atoms with Gasteiger partial charge in [0.25, 0.3) is 0 Å². The Morgan fingerprint density at radius 3 is 2.39 bits per heavy atom. The Morgan fingerprint density at radius 1 is 1.17 bits per heavy atom. The highest BCUT2D eigenvalue weighted by Crippen LogP contribution is 2.11. The Balaban J connectivity index is 2.65. The van der Waals surface area contributed by atoms with E-state index in [1.807, 2.05) is 39.8 Å². The number of aromatic nitrogens is 1. The standard InChI is InChI=1S/C18H29N3O2/c1-5-15(6-2)17(22)21-16(10-13(3)4)18(23)20-12-14-8-7-9-19-11-14/h7-9,11,13,15-16H,5-6,10,12H2,1-4H3,(H,20,23)(H,21,22)/t16-/m1/s1. The van der Waals surface area contributed by atoms with Crippen molar-refractivity contribution in [2.75, 3.05) is 0 Å². The van der Waals surface area contributed by atoms with Crippen LogP contribution in [0.4, 0.5) is 0 Å². The van der Waals surface area contributed by atoms with E-state index in [1.165, 1.54) is 0 Å². The van der Waals surface area contributed by atoms with Crippen LogP contribution in [0.15, 0.2) is 24.5 Å². The second-order valence-corrected chi connectivity index (χ2v) is 6.28. The molecule has 0 saturated heterocycles. The molecule has 0 saturated carbocycles. The van der Waals surface area contributed by atoms with E-state index in [0.717, 1.165) is 18.4 Å². The predicted octanol–water partition coefficient (Wildman–Crippen LogP) is 2.66. The Kier molecular flexibility index (Phi) is 8.30. The molecule has 2 N–H and O–H groups in total. The fourth-order valence-corrected chi connectivity index (χ4v) is 2.47. The summed E-state index contributed by atoms with van der Waals surface area (Å²) in [6.45, 7) is 8.50. The highest BCUT2D eigenvalue weighted by atomic mass is 16.2. The summed E-state index contributed by atoms with van der Waals surface area (Å²) in [4.78, 5) is 28.7. The molecule has 0 fully saturated rings. The molecule has 0 aliphatic carbocycles. The zero-order valence-electron chi connectivity index (χ0n) is 14.6. The number of nitrogens with one attached hydrogen (secondary N) is 2. The molecule has 5 heteroatoms. The van der Waals surface area contributed by atoms with Gasteiger partial charge in [0.2, 0.25) is 11.8 Å². The normalized spacial score (nSPS) is 12.3. The third-order valence-corrected chi connectivity index (χ3v) is 3.89. The van der Waals surface area contributed by atoms with Crippen LogP contribution in [0.5, 0.6) is 0 Å². The summed E-state index contributed by atoms with van der Waals surface area (Å²) in [7, 11) is 0. The van der Waals surface area contributed by atoms with Crippen molar-refractivity contribution in [2.45, 2.75) is 59.5 Å². The number of amides is 2. The molecule has 1 rings (SSSR count). The van der Waals surface area contributed by atoms with Gasteiger partial charge in [0.05, 0.1) is 0 Å².